The van der Waals surface area contributed by atoms with E-state index in [1.807, 2.05) is 18.2 Å². The van der Waals surface area contributed by atoms with Crippen LogP contribution in [0.2, 0.25) is 0 Å². The van der Waals surface area contributed by atoms with Crippen LogP contribution < -0.4 is 10.6 Å². The quantitative estimate of drug-likeness (QED) is 0.411. The highest BCUT2D eigenvalue weighted by Gasteiger charge is 2.11. The zero-order chi connectivity index (χ0) is 23.1. The van der Waals surface area contributed by atoms with Crippen molar-refractivity contribution in [3.05, 3.63) is 115 Å². The molecular formula is C22H18N4O6. The Morgan fingerprint density at radius 1 is 0.656 bits per heavy atom. The van der Waals surface area contributed by atoms with Crippen LogP contribution in [0.4, 0.5) is 11.4 Å². The summed E-state index contributed by atoms with van der Waals surface area (Å²) in [6.07, 6.45) is 0. The predicted molar refractivity (Wildman–Crippen MR) is 115 cm³/mol. The second kappa shape index (κ2) is 9.94. The fraction of sp³-hybridized carbons (Fsp3) is 0.0909. The highest BCUT2D eigenvalue weighted by Crippen LogP contribution is 2.13. The molecule has 0 saturated carbocycles. The van der Waals surface area contributed by atoms with Gasteiger partial charge in [0.1, 0.15) is 0 Å². The van der Waals surface area contributed by atoms with Gasteiger partial charge in [-0.05, 0) is 35.4 Å². The van der Waals surface area contributed by atoms with E-state index < -0.39 is 9.85 Å². The molecule has 10 heteroatoms. The minimum Gasteiger partial charge on any atom is -0.348 e. The second-order valence-electron chi connectivity index (χ2n) is 6.79. The number of amides is 2. The highest BCUT2D eigenvalue weighted by molar-refractivity contribution is 5.94. The zero-order valence-electron chi connectivity index (χ0n) is 16.7. The third-order valence-corrected chi connectivity index (χ3v) is 4.58. The number of carbonyl (C=O) groups excluding carboxylic acids is 2. The maximum Gasteiger partial charge on any atom is 0.269 e. The Morgan fingerprint density at radius 2 is 1.03 bits per heavy atom. The Kier molecular flexibility index (Phi) is 6.86. The fourth-order valence-electron chi connectivity index (χ4n) is 2.89. The molecule has 0 bridgehead atoms. The van der Waals surface area contributed by atoms with E-state index in [0.29, 0.717) is 11.1 Å². The van der Waals surface area contributed by atoms with Crippen molar-refractivity contribution in [1.29, 1.82) is 0 Å². The van der Waals surface area contributed by atoms with Crippen LogP contribution in [-0.2, 0) is 13.1 Å². The molecule has 0 unspecified atom stereocenters. The summed E-state index contributed by atoms with van der Waals surface area (Å²) in [4.78, 5) is 44.8. The van der Waals surface area contributed by atoms with E-state index >= 15 is 0 Å². The predicted octanol–water partition coefficient (Wildman–Crippen LogP) is 3.36. The first kappa shape index (κ1) is 22.1. The number of non-ortho nitro benzene ring substituents is 2. The molecule has 0 aliphatic rings. The lowest BCUT2D eigenvalue weighted by molar-refractivity contribution is -0.385. The molecule has 3 aromatic rings. The second-order valence-corrected chi connectivity index (χ2v) is 6.79. The third kappa shape index (κ3) is 5.72. The Bertz CT molecular complexity index is 1070. The molecule has 0 saturated heterocycles. The van der Waals surface area contributed by atoms with Gasteiger partial charge in [-0.3, -0.25) is 29.8 Å². The topological polar surface area (TPSA) is 144 Å². The van der Waals surface area contributed by atoms with Crippen LogP contribution in [0.1, 0.15) is 31.8 Å². The van der Waals surface area contributed by atoms with Crippen molar-refractivity contribution in [2.24, 2.45) is 0 Å². The summed E-state index contributed by atoms with van der Waals surface area (Å²) in [5, 5.41) is 26.9. The maximum atomic E-state index is 12.2. The van der Waals surface area contributed by atoms with Crippen LogP contribution >= 0.6 is 0 Å². The normalized spacial score (nSPS) is 10.2. The first-order chi connectivity index (χ1) is 15.3. The third-order valence-electron chi connectivity index (χ3n) is 4.58. The van der Waals surface area contributed by atoms with Crippen LogP contribution in [0.25, 0.3) is 0 Å². The summed E-state index contributed by atoms with van der Waals surface area (Å²) in [6, 6.07) is 17.9. The van der Waals surface area contributed by atoms with Crippen LogP contribution in [-0.4, -0.2) is 21.7 Å². The van der Waals surface area contributed by atoms with E-state index in [1.54, 1.807) is 6.07 Å². The molecule has 0 aliphatic carbocycles. The van der Waals surface area contributed by atoms with Gasteiger partial charge in [-0.2, -0.15) is 0 Å². The molecule has 32 heavy (non-hydrogen) atoms. The number of nitrogens with one attached hydrogen (secondary N) is 2. The standard InChI is InChI=1S/C22H18N4O6/c27-21(17-4-8-19(9-5-17)25(29)30)23-13-15-2-1-3-16(12-15)14-24-22(28)18-6-10-20(11-7-18)26(31)32/h1-12H,13-14H2,(H,23,27)(H,24,28). The molecule has 0 spiro atoms. The lowest BCUT2D eigenvalue weighted by Crippen LogP contribution is -2.24. The minimum atomic E-state index is -0.534. The zero-order valence-corrected chi connectivity index (χ0v) is 16.7. The summed E-state index contributed by atoms with van der Waals surface area (Å²) < 4.78 is 0. The minimum absolute atomic E-state index is 0.0926. The monoisotopic (exact) mass is 434 g/mol. The fourth-order valence-corrected chi connectivity index (χ4v) is 2.89. The van der Waals surface area contributed by atoms with Gasteiger partial charge in [0.25, 0.3) is 23.2 Å². The molecule has 0 radical (unpaired) electrons. The average molecular weight is 434 g/mol. The summed E-state index contributed by atoms with van der Waals surface area (Å²) in [7, 11) is 0. The number of rotatable bonds is 8. The summed E-state index contributed by atoms with van der Waals surface area (Å²) in [5.41, 5.74) is 2.05. The van der Waals surface area contributed by atoms with Crippen molar-refractivity contribution < 1.29 is 19.4 Å². The van der Waals surface area contributed by atoms with Gasteiger partial charge in [-0.15, -0.1) is 0 Å². The highest BCUT2D eigenvalue weighted by atomic mass is 16.6. The van der Waals surface area contributed by atoms with E-state index in [1.165, 1.54) is 48.5 Å². The number of benzene rings is 3. The number of nitro benzene ring substituents is 2. The van der Waals surface area contributed by atoms with Gasteiger partial charge in [0.05, 0.1) is 9.85 Å². The van der Waals surface area contributed by atoms with Crippen molar-refractivity contribution in [2.45, 2.75) is 13.1 Å². The summed E-state index contributed by atoms with van der Waals surface area (Å²) >= 11 is 0. The number of carbonyl (C=O) groups is 2. The average Bonchev–Trinajstić information content (AvgIpc) is 2.81. The molecule has 2 N–H and O–H groups in total. The van der Waals surface area contributed by atoms with Crippen molar-refractivity contribution in [3.63, 3.8) is 0 Å². The Morgan fingerprint density at radius 3 is 1.38 bits per heavy atom. The van der Waals surface area contributed by atoms with E-state index in [0.717, 1.165) is 11.1 Å². The van der Waals surface area contributed by atoms with Gasteiger partial charge in [0.2, 0.25) is 0 Å². The molecule has 0 aromatic heterocycles. The lowest BCUT2D eigenvalue weighted by Gasteiger charge is -2.09. The van der Waals surface area contributed by atoms with E-state index in [4.69, 9.17) is 0 Å². The van der Waals surface area contributed by atoms with Crippen LogP contribution in [0.15, 0.2) is 72.8 Å². The first-order valence-corrected chi connectivity index (χ1v) is 9.46. The van der Waals surface area contributed by atoms with Gasteiger partial charge >= 0.3 is 0 Å². The van der Waals surface area contributed by atoms with E-state index in [2.05, 4.69) is 10.6 Å². The van der Waals surface area contributed by atoms with Crippen LogP contribution in [0.5, 0.6) is 0 Å². The molecular weight excluding hydrogens is 416 g/mol. The molecule has 0 aliphatic heterocycles. The van der Waals surface area contributed by atoms with Gasteiger partial charge in [0.15, 0.2) is 0 Å². The van der Waals surface area contributed by atoms with Crippen molar-refractivity contribution >= 4 is 23.2 Å². The summed E-state index contributed by atoms with van der Waals surface area (Å²) in [5.74, 6) is -0.728. The van der Waals surface area contributed by atoms with E-state index in [9.17, 15) is 29.8 Å². The first-order valence-electron chi connectivity index (χ1n) is 9.46. The molecule has 0 atom stereocenters. The Balaban J connectivity index is 1.54. The van der Waals surface area contributed by atoms with Crippen LogP contribution in [0.3, 0.4) is 0 Å². The Hall–Kier alpha value is -4.60. The number of nitro groups is 2. The largest absolute Gasteiger partial charge is 0.348 e. The van der Waals surface area contributed by atoms with Gasteiger partial charge < -0.3 is 10.6 Å². The smallest absolute Gasteiger partial charge is 0.269 e. The molecule has 10 nitrogen and oxygen atoms in total. The molecule has 0 fully saturated rings. The summed E-state index contributed by atoms with van der Waals surface area (Å²) in [6.45, 7) is 0.472. The Labute approximate surface area is 182 Å². The molecule has 3 aromatic carbocycles. The maximum absolute atomic E-state index is 12.2. The molecule has 162 valence electrons. The van der Waals surface area contributed by atoms with Gasteiger partial charge in [-0.1, -0.05) is 24.3 Å². The van der Waals surface area contributed by atoms with Crippen LogP contribution in [0, 0.1) is 20.2 Å². The van der Waals surface area contributed by atoms with E-state index in [-0.39, 0.29) is 36.3 Å². The number of hydrogen-bond acceptors (Lipinski definition) is 6. The van der Waals surface area contributed by atoms with Crippen molar-refractivity contribution in [1.82, 2.24) is 10.6 Å². The van der Waals surface area contributed by atoms with Crippen molar-refractivity contribution in [3.8, 4) is 0 Å². The number of hydrogen-bond donors (Lipinski definition) is 2. The van der Waals surface area contributed by atoms with Crippen molar-refractivity contribution in [2.75, 3.05) is 0 Å². The molecule has 0 heterocycles. The van der Waals surface area contributed by atoms with Gasteiger partial charge in [-0.25, -0.2) is 0 Å². The van der Waals surface area contributed by atoms with Gasteiger partial charge in [0, 0.05) is 48.5 Å². The number of nitrogens with zero attached hydrogens (tertiary/aromatic N) is 2. The molecule has 3 rings (SSSR count). The SMILES string of the molecule is O=C(NCc1cccc(CNC(=O)c2ccc([N+](=O)[O-])cc2)c1)c1ccc([N+](=O)[O-])cc1. The molecule has 2 amide bonds. The lowest BCUT2D eigenvalue weighted by atomic mass is 10.1.